The van der Waals surface area contributed by atoms with Crippen LogP contribution in [0.15, 0.2) is 53.7 Å². The number of hydrogen-bond acceptors (Lipinski definition) is 5. The van der Waals surface area contributed by atoms with E-state index >= 15 is 0 Å². The molecule has 1 atom stereocenters. The van der Waals surface area contributed by atoms with Crippen LogP contribution in [0.1, 0.15) is 38.7 Å². The first-order chi connectivity index (χ1) is 14.6. The molecule has 0 saturated heterocycles. The Morgan fingerprint density at radius 1 is 1.10 bits per heavy atom. The van der Waals surface area contributed by atoms with E-state index in [1.165, 1.54) is 17.3 Å². The van der Waals surface area contributed by atoms with Gasteiger partial charge >= 0.3 is 0 Å². The van der Waals surface area contributed by atoms with E-state index in [1.807, 2.05) is 30.3 Å². The van der Waals surface area contributed by atoms with Crippen LogP contribution in [0, 0.1) is 0 Å². The van der Waals surface area contributed by atoms with Crippen LogP contribution >= 0.6 is 11.8 Å². The van der Waals surface area contributed by atoms with Crippen molar-refractivity contribution in [3.63, 3.8) is 0 Å². The number of anilines is 1. The number of nitrogens with one attached hydrogen (secondary N) is 1. The van der Waals surface area contributed by atoms with Crippen molar-refractivity contribution in [1.82, 2.24) is 19.7 Å². The summed E-state index contributed by atoms with van der Waals surface area (Å²) in [6.07, 6.45) is 1.09. The zero-order valence-corrected chi connectivity index (χ0v) is 18.2. The lowest BCUT2D eigenvalue weighted by molar-refractivity contribution is -0.113. The lowest BCUT2D eigenvalue weighted by atomic mass is 9.99. The zero-order valence-electron chi connectivity index (χ0n) is 17.4. The molecule has 2 aromatic heterocycles. The monoisotopic (exact) mass is 419 g/mol. The zero-order chi connectivity index (χ0) is 21.1. The summed E-state index contributed by atoms with van der Waals surface area (Å²) in [7, 11) is 0. The fourth-order valence-electron chi connectivity index (χ4n) is 3.53. The van der Waals surface area contributed by atoms with Crippen LogP contribution in [0.4, 0.5) is 5.69 Å². The molecule has 0 fully saturated rings. The Kier molecular flexibility index (Phi) is 5.99. The van der Waals surface area contributed by atoms with Crippen molar-refractivity contribution in [1.29, 1.82) is 0 Å². The van der Waals surface area contributed by atoms with Crippen molar-refractivity contribution in [2.24, 2.45) is 0 Å². The number of carbonyl (C=O) groups is 1. The molecular weight excluding hydrogens is 394 g/mol. The third-order valence-electron chi connectivity index (χ3n) is 5.38. The Hall–Kier alpha value is -2.93. The van der Waals surface area contributed by atoms with Crippen molar-refractivity contribution in [2.45, 2.75) is 44.8 Å². The minimum absolute atomic E-state index is 0.0870. The molecule has 0 aliphatic heterocycles. The van der Waals surface area contributed by atoms with Crippen molar-refractivity contribution in [3.8, 4) is 0 Å². The molecule has 4 rings (SSSR count). The van der Waals surface area contributed by atoms with Gasteiger partial charge in [-0.3, -0.25) is 4.79 Å². The van der Waals surface area contributed by atoms with Gasteiger partial charge in [0.05, 0.1) is 11.3 Å². The number of nitrogens with zero attached hydrogens (tertiary/aromatic N) is 4. The molecule has 0 aliphatic carbocycles. The first-order valence-corrected chi connectivity index (χ1v) is 11.2. The molecule has 0 bridgehead atoms. The molecule has 0 aliphatic rings. The number of aryl methyl sites for hydroxylation is 1. The van der Waals surface area contributed by atoms with Gasteiger partial charge in [0.25, 0.3) is 0 Å². The second-order valence-electron chi connectivity index (χ2n) is 7.30. The molecule has 2 aromatic carbocycles. The number of hydrogen-bond donors (Lipinski definition) is 1. The number of rotatable bonds is 7. The molecule has 154 valence electrons. The van der Waals surface area contributed by atoms with E-state index in [9.17, 15) is 4.79 Å². The highest BCUT2D eigenvalue weighted by Crippen LogP contribution is 2.27. The molecule has 0 spiro atoms. The Bertz CT molecular complexity index is 1190. The predicted octanol–water partition coefficient (Wildman–Crippen LogP) is 5.24. The summed E-state index contributed by atoms with van der Waals surface area (Å²) >= 11 is 1.29. The van der Waals surface area contributed by atoms with Crippen LogP contribution < -0.4 is 5.32 Å². The minimum atomic E-state index is -0.0870. The molecule has 1 amide bonds. The van der Waals surface area contributed by atoms with E-state index < -0.39 is 0 Å². The highest BCUT2D eigenvalue weighted by Gasteiger charge is 2.14. The van der Waals surface area contributed by atoms with E-state index in [1.54, 1.807) is 0 Å². The van der Waals surface area contributed by atoms with Gasteiger partial charge in [0.1, 0.15) is 5.52 Å². The number of para-hydroxylation sites is 1. The van der Waals surface area contributed by atoms with Crippen molar-refractivity contribution in [3.05, 3.63) is 54.1 Å². The van der Waals surface area contributed by atoms with Crippen molar-refractivity contribution in [2.75, 3.05) is 11.1 Å². The van der Waals surface area contributed by atoms with E-state index in [0.717, 1.165) is 40.7 Å². The predicted molar refractivity (Wildman–Crippen MR) is 123 cm³/mol. The fraction of sp³-hybridized carbons (Fsp3) is 0.304. The van der Waals surface area contributed by atoms with Crippen LogP contribution in [0.3, 0.4) is 0 Å². The van der Waals surface area contributed by atoms with Crippen molar-refractivity contribution >= 4 is 45.4 Å². The van der Waals surface area contributed by atoms with Gasteiger partial charge < -0.3 is 9.88 Å². The number of aromatic nitrogens is 4. The molecular formula is C23H25N5OS. The molecule has 7 heteroatoms. The van der Waals surface area contributed by atoms with Gasteiger partial charge in [-0.15, -0.1) is 10.2 Å². The fourth-order valence-corrected chi connectivity index (χ4v) is 4.11. The number of amides is 1. The number of benzene rings is 2. The lowest BCUT2D eigenvalue weighted by Gasteiger charge is -2.10. The summed E-state index contributed by atoms with van der Waals surface area (Å²) in [5.74, 6) is 0.659. The highest BCUT2D eigenvalue weighted by molar-refractivity contribution is 7.99. The molecule has 6 nitrogen and oxygen atoms in total. The summed E-state index contributed by atoms with van der Waals surface area (Å²) in [4.78, 5) is 17.1. The molecule has 2 heterocycles. The quantitative estimate of drug-likeness (QED) is 0.415. The largest absolute Gasteiger partial charge is 0.325 e. The first-order valence-electron chi connectivity index (χ1n) is 10.2. The summed E-state index contributed by atoms with van der Waals surface area (Å²) < 4.78 is 2.13. The Balaban J connectivity index is 1.45. The number of thioether (sulfide) groups is 1. The van der Waals surface area contributed by atoms with Crippen LogP contribution in [-0.2, 0) is 11.3 Å². The maximum atomic E-state index is 12.4. The van der Waals surface area contributed by atoms with Gasteiger partial charge in [-0.1, -0.05) is 55.9 Å². The first kappa shape index (κ1) is 20.3. The molecule has 30 heavy (non-hydrogen) atoms. The molecule has 0 unspecified atom stereocenters. The summed E-state index contributed by atoms with van der Waals surface area (Å²) in [5.41, 5.74) is 4.77. The second-order valence-corrected chi connectivity index (χ2v) is 8.24. The normalized spacial score (nSPS) is 12.4. The lowest BCUT2D eigenvalue weighted by Crippen LogP contribution is -2.14. The summed E-state index contributed by atoms with van der Waals surface area (Å²) in [5, 5.41) is 13.1. The maximum Gasteiger partial charge on any atom is 0.234 e. The van der Waals surface area contributed by atoms with Crippen LogP contribution in [0.2, 0.25) is 0 Å². The molecule has 1 N–H and O–H groups in total. The van der Waals surface area contributed by atoms with Gasteiger partial charge in [0.15, 0.2) is 5.65 Å². The maximum absolute atomic E-state index is 12.4. The van der Waals surface area contributed by atoms with Crippen molar-refractivity contribution < 1.29 is 4.79 Å². The van der Waals surface area contributed by atoms with E-state index in [4.69, 9.17) is 0 Å². The second kappa shape index (κ2) is 8.83. The molecule has 4 aromatic rings. The van der Waals surface area contributed by atoms with Crippen LogP contribution in [0.25, 0.3) is 22.1 Å². The SMILES string of the molecule is CC[C@H](C)c1ccc(NC(=O)CSc2nnc3c4ccccc4n(CC)c3n2)cc1. The topological polar surface area (TPSA) is 72.7 Å². The smallest absolute Gasteiger partial charge is 0.234 e. The van der Waals surface area contributed by atoms with Gasteiger partial charge in [-0.2, -0.15) is 0 Å². The van der Waals surface area contributed by atoms with Gasteiger partial charge in [0.2, 0.25) is 11.1 Å². The van der Waals surface area contributed by atoms with Gasteiger partial charge in [-0.05, 0) is 43.0 Å². The average molecular weight is 420 g/mol. The van der Waals surface area contributed by atoms with Gasteiger partial charge in [-0.25, -0.2) is 4.98 Å². The highest BCUT2D eigenvalue weighted by atomic mass is 32.2. The third-order valence-corrected chi connectivity index (χ3v) is 6.22. The Labute approximate surface area is 180 Å². The van der Waals surface area contributed by atoms with E-state index in [0.29, 0.717) is 11.1 Å². The third kappa shape index (κ3) is 4.03. The Morgan fingerprint density at radius 2 is 1.87 bits per heavy atom. The average Bonchev–Trinajstić information content (AvgIpc) is 3.10. The van der Waals surface area contributed by atoms with Crippen LogP contribution in [-0.4, -0.2) is 31.4 Å². The summed E-state index contributed by atoms with van der Waals surface area (Å²) in [6.45, 7) is 7.25. The number of fused-ring (bicyclic) bond motifs is 3. The minimum Gasteiger partial charge on any atom is -0.325 e. The molecule has 0 radical (unpaired) electrons. The van der Waals surface area contributed by atoms with Crippen LogP contribution in [0.5, 0.6) is 0 Å². The molecule has 0 saturated carbocycles. The number of carbonyl (C=O) groups excluding carboxylic acids is 1. The summed E-state index contributed by atoms with van der Waals surface area (Å²) in [6, 6.07) is 16.1. The van der Waals surface area contributed by atoms with E-state index in [-0.39, 0.29) is 11.7 Å². The van der Waals surface area contributed by atoms with E-state index in [2.05, 4.69) is 64.0 Å². The van der Waals surface area contributed by atoms with Gasteiger partial charge in [0, 0.05) is 17.6 Å². The standard InChI is InChI=1S/C23H25N5OS/c1-4-15(3)16-10-12-17(13-11-16)24-20(29)14-30-23-25-22-21(26-27-23)18-8-6-7-9-19(18)28(22)5-2/h6-13,15H,4-5,14H2,1-3H3,(H,24,29)/t15-/m0/s1. The Morgan fingerprint density at radius 3 is 2.60 bits per heavy atom.